The van der Waals surface area contributed by atoms with E-state index in [1.54, 1.807) is 0 Å². The van der Waals surface area contributed by atoms with Crippen LogP contribution in [0, 0.1) is 5.92 Å². The Morgan fingerprint density at radius 3 is 2.48 bits per heavy atom. The fourth-order valence-corrected chi connectivity index (χ4v) is 2.89. The molecule has 1 aromatic heterocycles. The van der Waals surface area contributed by atoms with Crippen LogP contribution >= 0.6 is 0 Å². The summed E-state index contributed by atoms with van der Waals surface area (Å²) in [7, 11) is 1.82. The Morgan fingerprint density at radius 1 is 1.10 bits per heavy atom. The average molecular weight is 292 g/mol. The number of hydrogen-bond donors (Lipinski definition) is 3. The fraction of sp³-hybridized carbons (Fsp3) is 0.786. The van der Waals surface area contributed by atoms with Crippen molar-refractivity contribution < 1.29 is 5.11 Å². The highest BCUT2D eigenvalue weighted by atomic mass is 16.3. The molecule has 7 heteroatoms. The van der Waals surface area contributed by atoms with E-state index in [1.165, 1.54) is 19.3 Å². The van der Waals surface area contributed by atoms with Crippen LogP contribution in [0.2, 0.25) is 0 Å². The molecule has 1 aliphatic heterocycles. The minimum absolute atomic E-state index is 0.119. The van der Waals surface area contributed by atoms with E-state index in [2.05, 4.69) is 30.5 Å². The van der Waals surface area contributed by atoms with E-state index >= 15 is 0 Å². The number of anilines is 3. The van der Waals surface area contributed by atoms with Crippen LogP contribution in [0.5, 0.6) is 0 Å². The smallest absolute Gasteiger partial charge is 0.231 e. The van der Waals surface area contributed by atoms with E-state index in [-0.39, 0.29) is 6.10 Å². The van der Waals surface area contributed by atoms with Crippen molar-refractivity contribution in [1.29, 1.82) is 0 Å². The molecule has 0 spiro atoms. The van der Waals surface area contributed by atoms with Gasteiger partial charge in [-0.15, -0.1) is 0 Å². The molecule has 0 bridgehead atoms. The molecule has 2 fully saturated rings. The van der Waals surface area contributed by atoms with Crippen molar-refractivity contribution in [2.75, 3.05) is 42.2 Å². The average Bonchev–Trinajstić information content (AvgIpc) is 2.51. The van der Waals surface area contributed by atoms with E-state index in [9.17, 15) is 5.11 Å². The van der Waals surface area contributed by atoms with E-state index in [0.717, 1.165) is 38.4 Å². The van der Waals surface area contributed by atoms with Gasteiger partial charge in [0.1, 0.15) is 0 Å². The number of nitrogens with zero attached hydrogens (tertiary/aromatic N) is 4. The van der Waals surface area contributed by atoms with Gasteiger partial charge >= 0.3 is 0 Å². The Labute approximate surface area is 125 Å². The van der Waals surface area contributed by atoms with Gasteiger partial charge in [0.2, 0.25) is 17.8 Å². The SMILES string of the molecule is CNc1nc(NCC2CC(O)C2)nc(N2CCCCC2)n1. The maximum Gasteiger partial charge on any atom is 0.231 e. The molecule has 3 N–H and O–H groups in total. The summed E-state index contributed by atoms with van der Waals surface area (Å²) in [6, 6.07) is 0. The second-order valence-corrected chi connectivity index (χ2v) is 5.95. The van der Waals surface area contributed by atoms with E-state index < -0.39 is 0 Å². The van der Waals surface area contributed by atoms with E-state index in [4.69, 9.17) is 0 Å². The Hall–Kier alpha value is -1.63. The van der Waals surface area contributed by atoms with Crippen molar-refractivity contribution in [2.24, 2.45) is 5.92 Å². The molecule has 0 radical (unpaired) electrons. The quantitative estimate of drug-likeness (QED) is 0.749. The van der Waals surface area contributed by atoms with Crippen LogP contribution in [0.3, 0.4) is 0 Å². The maximum absolute atomic E-state index is 9.33. The topological polar surface area (TPSA) is 86.2 Å². The summed E-state index contributed by atoms with van der Waals surface area (Å²) in [6.45, 7) is 2.84. The van der Waals surface area contributed by atoms with Crippen LogP contribution in [0.15, 0.2) is 0 Å². The Kier molecular flexibility index (Phi) is 4.38. The zero-order chi connectivity index (χ0) is 14.7. The van der Waals surface area contributed by atoms with Crippen molar-refractivity contribution >= 4 is 17.8 Å². The summed E-state index contributed by atoms with van der Waals surface area (Å²) < 4.78 is 0. The maximum atomic E-state index is 9.33. The molecule has 2 heterocycles. The van der Waals surface area contributed by atoms with Crippen molar-refractivity contribution in [3.8, 4) is 0 Å². The van der Waals surface area contributed by atoms with Crippen molar-refractivity contribution in [2.45, 2.75) is 38.2 Å². The molecule has 0 unspecified atom stereocenters. The molecule has 116 valence electrons. The second-order valence-electron chi connectivity index (χ2n) is 5.95. The molecule has 2 aliphatic rings. The molecule has 1 saturated carbocycles. The fourth-order valence-electron chi connectivity index (χ4n) is 2.89. The number of piperidine rings is 1. The predicted octanol–water partition coefficient (Wildman–Crippen LogP) is 1.09. The molecule has 3 rings (SSSR count). The number of rotatable bonds is 5. The highest BCUT2D eigenvalue weighted by molar-refractivity contribution is 5.43. The van der Waals surface area contributed by atoms with Gasteiger partial charge in [0.05, 0.1) is 6.10 Å². The Bertz CT molecular complexity index is 471. The molecule has 0 amide bonds. The van der Waals surface area contributed by atoms with Crippen LogP contribution in [0.1, 0.15) is 32.1 Å². The molecule has 0 aromatic carbocycles. The van der Waals surface area contributed by atoms with Crippen LogP contribution in [0.4, 0.5) is 17.8 Å². The highest BCUT2D eigenvalue weighted by Crippen LogP contribution is 2.27. The Balaban J connectivity index is 1.67. The zero-order valence-corrected chi connectivity index (χ0v) is 12.5. The van der Waals surface area contributed by atoms with Gasteiger partial charge in [-0.2, -0.15) is 15.0 Å². The molecular formula is C14H24N6O. The minimum Gasteiger partial charge on any atom is -0.393 e. The van der Waals surface area contributed by atoms with Crippen LogP contribution in [0.25, 0.3) is 0 Å². The lowest BCUT2D eigenvalue weighted by Crippen LogP contribution is -2.34. The van der Waals surface area contributed by atoms with Crippen molar-refractivity contribution in [3.05, 3.63) is 0 Å². The van der Waals surface area contributed by atoms with Crippen molar-refractivity contribution in [3.63, 3.8) is 0 Å². The lowest BCUT2D eigenvalue weighted by atomic mass is 9.82. The minimum atomic E-state index is -0.119. The molecular weight excluding hydrogens is 268 g/mol. The first-order valence-corrected chi connectivity index (χ1v) is 7.85. The first-order valence-electron chi connectivity index (χ1n) is 7.85. The number of aliphatic hydroxyl groups excluding tert-OH is 1. The van der Waals surface area contributed by atoms with Crippen molar-refractivity contribution in [1.82, 2.24) is 15.0 Å². The largest absolute Gasteiger partial charge is 0.393 e. The third-order valence-corrected chi connectivity index (χ3v) is 4.25. The number of aromatic nitrogens is 3. The molecule has 0 atom stereocenters. The molecule has 1 saturated heterocycles. The summed E-state index contributed by atoms with van der Waals surface area (Å²) in [5.41, 5.74) is 0. The number of hydrogen-bond acceptors (Lipinski definition) is 7. The van der Waals surface area contributed by atoms with Gasteiger partial charge in [0.15, 0.2) is 0 Å². The van der Waals surface area contributed by atoms with Gasteiger partial charge in [-0.05, 0) is 38.0 Å². The van der Waals surface area contributed by atoms with Gasteiger partial charge in [-0.1, -0.05) is 0 Å². The lowest BCUT2D eigenvalue weighted by Gasteiger charge is -2.31. The van der Waals surface area contributed by atoms with E-state index in [1.807, 2.05) is 7.05 Å². The molecule has 21 heavy (non-hydrogen) atoms. The first kappa shape index (κ1) is 14.3. The number of aliphatic hydroxyl groups is 1. The summed E-state index contributed by atoms with van der Waals surface area (Å²) in [4.78, 5) is 15.6. The first-order chi connectivity index (χ1) is 10.2. The van der Waals surface area contributed by atoms with Crippen LogP contribution < -0.4 is 15.5 Å². The normalized spacial score (nSPS) is 25.3. The standard InChI is InChI=1S/C14H24N6O/c1-15-12-17-13(16-9-10-7-11(21)8-10)19-14(18-12)20-5-3-2-4-6-20/h10-11,21H,2-9H2,1H3,(H2,15,16,17,18,19). The van der Waals surface area contributed by atoms with E-state index in [0.29, 0.717) is 17.8 Å². The predicted molar refractivity (Wildman–Crippen MR) is 82.7 cm³/mol. The summed E-state index contributed by atoms with van der Waals surface area (Å²) in [5, 5.41) is 15.6. The lowest BCUT2D eigenvalue weighted by molar-refractivity contribution is 0.0486. The van der Waals surface area contributed by atoms with Gasteiger partial charge < -0.3 is 20.6 Å². The molecule has 1 aliphatic carbocycles. The van der Waals surface area contributed by atoms with Crippen LogP contribution in [-0.2, 0) is 0 Å². The summed E-state index contributed by atoms with van der Waals surface area (Å²) in [6.07, 6.45) is 5.31. The zero-order valence-electron chi connectivity index (χ0n) is 12.5. The van der Waals surface area contributed by atoms with Gasteiger partial charge in [0.25, 0.3) is 0 Å². The highest BCUT2D eigenvalue weighted by Gasteiger charge is 2.27. The molecule has 1 aromatic rings. The van der Waals surface area contributed by atoms with Crippen LogP contribution in [-0.4, -0.2) is 52.8 Å². The number of nitrogens with one attached hydrogen (secondary N) is 2. The van der Waals surface area contributed by atoms with Gasteiger partial charge in [-0.25, -0.2) is 0 Å². The van der Waals surface area contributed by atoms with Gasteiger partial charge in [-0.3, -0.25) is 0 Å². The summed E-state index contributed by atoms with van der Waals surface area (Å²) in [5.74, 6) is 2.50. The summed E-state index contributed by atoms with van der Waals surface area (Å²) >= 11 is 0. The second kappa shape index (κ2) is 6.43. The molecule has 7 nitrogen and oxygen atoms in total. The third kappa shape index (κ3) is 3.53. The third-order valence-electron chi connectivity index (χ3n) is 4.25. The van der Waals surface area contributed by atoms with Gasteiger partial charge in [0, 0.05) is 26.7 Å². The monoisotopic (exact) mass is 292 g/mol. The Morgan fingerprint density at radius 2 is 1.81 bits per heavy atom.